The molecule has 2 N–H and O–H groups in total. The van der Waals surface area contributed by atoms with Crippen LogP contribution >= 0.6 is 0 Å². The molecule has 0 atom stereocenters. The zero-order chi connectivity index (χ0) is 12.1. The number of hydrogen-bond donors (Lipinski definition) is 2. The van der Waals surface area contributed by atoms with E-state index in [9.17, 15) is 4.79 Å². The number of anilines is 1. The number of amides is 1. The summed E-state index contributed by atoms with van der Waals surface area (Å²) in [5.74, 6) is 0.0480. The molecule has 1 aliphatic rings. The third-order valence-electron chi connectivity index (χ3n) is 3.12. The fourth-order valence-corrected chi connectivity index (χ4v) is 2.10. The lowest BCUT2D eigenvalue weighted by molar-refractivity contribution is 0.0953. The highest BCUT2D eigenvalue weighted by Gasteiger charge is 2.11. The molecule has 2 rings (SSSR count). The van der Waals surface area contributed by atoms with Gasteiger partial charge in [0.1, 0.15) is 0 Å². The van der Waals surface area contributed by atoms with Gasteiger partial charge >= 0.3 is 0 Å². The predicted octanol–water partition coefficient (Wildman–Crippen LogP) is 2.57. The van der Waals surface area contributed by atoms with E-state index in [1.54, 1.807) is 0 Å². The van der Waals surface area contributed by atoms with Crippen LogP contribution in [0.1, 0.15) is 42.1 Å². The van der Waals surface area contributed by atoms with Gasteiger partial charge in [-0.15, -0.1) is 0 Å². The van der Waals surface area contributed by atoms with E-state index >= 15 is 0 Å². The van der Waals surface area contributed by atoms with E-state index in [0.29, 0.717) is 0 Å². The molecule has 0 fully saturated rings. The largest absolute Gasteiger partial charge is 0.385 e. The average molecular weight is 232 g/mol. The molecule has 1 aliphatic heterocycles. The fraction of sp³-hybridized carbons (Fsp3) is 0.500. The Labute approximate surface area is 103 Å². The molecule has 0 radical (unpaired) electrons. The highest BCUT2D eigenvalue weighted by Crippen LogP contribution is 2.22. The molecule has 0 bridgehead atoms. The van der Waals surface area contributed by atoms with Crippen molar-refractivity contribution in [2.45, 2.75) is 32.6 Å². The number of aryl methyl sites for hydroxylation is 1. The van der Waals surface area contributed by atoms with Crippen LogP contribution in [0.4, 0.5) is 5.69 Å². The van der Waals surface area contributed by atoms with Crippen LogP contribution in [0.5, 0.6) is 0 Å². The zero-order valence-electron chi connectivity index (χ0n) is 10.4. The first-order chi connectivity index (χ1) is 8.31. The van der Waals surface area contributed by atoms with Gasteiger partial charge in [-0.2, -0.15) is 0 Å². The number of fused-ring (bicyclic) bond motifs is 1. The lowest BCUT2D eigenvalue weighted by Crippen LogP contribution is -2.24. The second-order valence-electron chi connectivity index (χ2n) is 4.51. The van der Waals surface area contributed by atoms with Crippen molar-refractivity contribution in [2.75, 3.05) is 18.4 Å². The van der Waals surface area contributed by atoms with Crippen molar-refractivity contribution in [3.63, 3.8) is 0 Å². The minimum Gasteiger partial charge on any atom is -0.385 e. The summed E-state index contributed by atoms with van der Waals surface area (Å²) < 4.78 is 0. The molecular weight excluding hydrogens is 212 g/mol. The van der Waals surface area contributed by atoms with E-state index in [4.69, 9.17) is 0 Å². The highest BCUT2D eigenvalue weighted by atomic mass is 16.1. The van der Waals surface area contributed by atoms with Gasteiger partial charge in [-0.3, -0.25) is 4.79 Å². The first kappa shape index (κ1) is 12.0. The van der Waals surface area contributed by atoms with E-state index in [-0.39, 0.29) is 5.91 Å². The predicted molar refractivity (Wildman–Crippen MR) is 70.5 cm³/mol. The van der Waals surface area contributed by atoms with Crippen molar-refractivity contribution in [3.05, 3.63) is 29.3 Å². The maximum atomic E-state index is 11.9. The molecule has 0 aromatic heterocycles. The molecule has 0 saturated heterocycles. The molecule has 3 heteroatoms. The molecule has 1 amide bonds. The quantitative estimate of drug-likeness (QED) is 0.783. The van der Waals surface area contributed by atoms with Gasteiger partial charge in [-0.1, -0.05) is 13.3 Å². The van der Waals surface area contributed by atoms with Crippen LogP contribution in [-0.4, -0.2) is 19.0 Å². The van der Waals surface area contributed by atoms with Gasteiger partial charge in [0, 0.05) is 24.3 Å². The van der Waals surface area contributed by atoms with Crippen molar-refractivity contribution in [2.24, 2.45) is 0 Å². The smallest absolute Gasteiger partial charge is 0.251 e. The number of carbonyl (C=O) groups excluding carboxylic acids is 1. The molecule has 0 unspecified atom stereocenters. The number of nitrogens with one attached hydrogen (secondary N) is 2. The van der Waals surface area contributed by atoms with Crippen LogP contribution in [0.25, 0.3) is 0 Å². The Hall–Kier alpha value is -1.51. The van der Waals surface area contributed by atoms with Crippen LogP contribution in [0.2, 0.25) is 0 Å². The first-order valence-electron chi connectivity index (χ1n) is 6.46. The Morgan fingerprint density at radius 3 is 3.18 bits per heavy atom. The summed E-state index contributed by atoms with van der Waals surface area (Å²) in [4.78, 5) is 11.9. The lowest BCUT2D eigenvalue weighted by Gasteiger charge is -2.18. The van der Waals surface area contributed by atoms with E-state index in [0.717, 1.165) is 44.3 Å². The summed E-state index contributed by atoms with van der Waals surface area (Å²) >= 11 is 0. The average Bonchev–Trinajstić information content (AvgIpc) is 2.38. The van der Waals surface area contributed by atoms with Crippen molar-refractivity contribution >= 4 is 11.6 Å². The summed E-state index contributed by atoms with van der Waals surface area (Å²) in [5, 5.41) is 6.30. The van der Waals surface area contributed by atoms with E-state index in [2.05, 4.69) is 17.6 Å². The highest BCUT2D eigenvalue weighted by molar-refractivity contribution is 5.94. The lowest BCUT2D eigenvalue weighted by atomic mass is 10.0. The van der Waals surface area contributed by atoms with Crippen molar-refractivity contribution < 1.29 is 4.79 Å². The van der Waals surface area contributed by atoms with Crippen LogP contribution in [-0.2, 0) is 6.42 Å². The van der Waals surface area contributed by atoms with Crippen LogP contribution in [0, 0.1) is 0 Å². The Kier molecular flexibility index (Phi) is 4.02. The third-order valence-corrected chi connectivity index (χ3v) is 3.12. The Bertz CT molecular complexity index is 401. The minimum atomic E-state index is 0.0480. The maximum absolute atomic E-state index is 11.9. The van der Waals surface area contributed by atoms with Gasteiger partial charge in [-0.25, -0.2) is 0 Å². The Morgan fingerprint density at radius 1 is 1.47 bits per heavy atom. The molecule has 17 heavy (non-hydrogen) atoms. The summed E-state index contributed by atoms with van der Waals surface area (Å²) in [5.41, 5.74) is 3.23. The Balaban J connectivity index is 2.03. The molecule has 1 aromatic carbocycles. The fourth-order valence-electron chi connectivity index (χ4n) is 2.10. The van der Waals surface area contributed by atoms with Gasteiger partial charge in [0.2, 0.25) is 0 Å². The second kappa shape index (κ2) is 5.71. The summed E-state index contributed by atoms with van der Waals surface area (Å²) in [6.07, 6.45) is 4.36. The maximum Gasteiger partial charge on any atom is 0.251 e. The summed E-state index contributed by atoms with van der Waals surface area (Å²) in [6.45, 7) is 3.93. The molecule has 92 valence electrons. The molecule has 3 nitrogen and oxygen atoms in total. The van der Waals surface area contributed by atoms with Gasteiger partial charge in [-0.05, 0) is 43.0 Å². The SMILES string of the molecule is CCCCNC(=O)c1ccc2c(c1)CCCN2. The standard InChI is InChI=1S/C14H20N2O/c1-2-3-8-16-14(17)12-6-7-13-11(10-12)5-4-9-15-13/h6-7,10,15H,2-5,8-9H2,1H3,(H,16,17). The zero-order valence-corrected chi connectivity index (χ0v) is 10.4. The third kappa shape index (κ3) is 2.99. The van der Waals surface area contributed by atoms with E-state index < -0.39 is 0 Å². The molecule has 1 heterocycles. The van der Waals surface area contributed by atoms with Crippen LogP contribution < -0.4 is 10.6 Å². The molecular formula is C14H20N2O. The van der Waals surface area contributed by atoms with Gasteiger partial charge < -0.3 is 10.6 Å². The van der Waals surface area contributed by atoms with E-state index in [1.807, 2.05) is 18.2 Å². The molecule has 1 aromatic rings. The van der Waals surface area contributed by atoms with Crippen LogP contribution in [0.15, 0.2) is 18.2 Å². The van der Waals surface area contributed by atoms with E-state index in [1.165, 1.54) is 11.3 Å². The van der Waals surface area contributed by atoms with Crippen molar-refractivity contribution in [1.29, 1.82) is 0 Å². The normalized spacial score (nSPS) is 13.7. The summed E-state index contributed by atoms with van der Waals surface area (Å²) in [6, 6.07) is 5.93. The topological polar surface area (TPSA) is 41.1 Å². The second-order valence-corrected chi connectivity index (χ2v) is 4.51. The molecule has 0 aliphatic carbocycles. The molecule has 0 spiro atoms. The molecule has 0 saturated carbocycles. The first-order valence-corrected chi connectivity index (χ1v) is 6.46. The number of benzene rings is 1. The van der Waals surface area contributed by atoms with Crippen LogP contribution in [0.3, 0.4) is 0 Å². The van der Waals surface area contributed by atoms with Gasteiger partial charge in [0.05, 0.1) is 0 Å². The van der Waals surface area contributed by atoms with Gasteiger partial charge in [0.25, 0.3) is 5.91 Å². The van der Waals surface area contributed by atoms with Gasteiger partial charge in [0.15, 0.2) is 0 Å². The summed E-state index contributed by atoms with van der Waals surface area (Å²) in [7, 11) is 0. The Morgan fingerprint density at radius 2 is 2.35 bits per heavy atom. The number of hydrogen-bond acceptors (Lipinski definition) is 2. The number of unbranched alkanes of at least 4 members (excludes halogenated alkanes) is 1. The number of carbonyl (C=O) groups is 1. The number of rotatable bonds is 4. The van der Waals surface area contributed by atoms with Crippen molar-refractivity contribution in [1.82, 2.24) is 5.32 Å². The monoisotopic (exact) mass is 232 g/mol. The minimum absolute atomic E-state index is 0.0480. The van der Waals surface area contributed by atoms with Crippen molar-refractivity contribution in [3.8, 4) is 0 Å².